The van der Waals surface area contributed by atoms with E-state index in [1.165, 1.54) is 12.1 Å². The van der Waals surface area contributed by atoms with Gasteiger partial charge in [0.2, 0.25) is 17.7 Å². The van der Waals surface area contributed by atoms with E-state index in [2.05, 4.69) is 25.9 Å². The molecular weight excluding hydrogens is 580 g/mol. The van der Waals surface area contributed by atoms with E-state index < -0.39 is 47.9 Å². The highest BCUT2D eigenvalue weighted by atomic mass is 16.4. The van der Waals surface area contributed by atoms with Crippen molar-refractivity contribution in [3.8, 4) is 5.75 Å². The zero-order valence-corrected chi connectivity index (χ0v) is 25.3. The molecule has 12 N–H and O–H groups in total. The maximum atomic E-state index is 13.6. The average Bonchev–Trinajstić information content (AvgIpc) is 3.40. The van der Waals surface area contributed by atoms with Gasteiger partial charge in [-0.15, -0.1) is 0 Å². The fourth-order valence-corrected chi connectivity index (χ4v) is 4.80. The number of hydrogen-bond donors (Lipinski definition) is 9. The molecule has 2 aromatic carbocycles. The van der Waals surface area contributed by atoms with E-state index in [0.717, 1.165) is 22.0 Å². The third kappa shape index (κ3) is 10.2. The van der Waals surface area contributed by atoms with Crippen molar-refractivity contribution in [2.75, 3.05) is 6.54 Å². The molecule has 14 heteroatoms. The number of guanidine groups is 1. The Kier molecular flexibility index (Phi) is 12.3. The molecule has 0 bridgehead atoms. The van der Waals surface area contributed by atoms with Gasteiger partial charge in [-0.25, -0.2) is 4.79 Å². The number of nitrogens with one attached hydrogen (secondary N) is 4. The van der Waals surface area contributed by atoms with Crippen molar-refractivity contribution in [3.63, 3.8) is 0 Å². The average molecular weight is 623 g/mol. The predicted octanol–water partition coefficient (Wildman–Crippen LogP) is 0.235. The second-order valence-corrected chi connectivity index (χ2v) is 11.2. The van der Waals surface area contributed by atoms with Crippen LogP contribution in [0, 0.1) is 5.92 Å². The lowest BCUT2D eigenvalue weighted by atomic mass is 9.99. The van der Waals surface area contributed by atoms with Crippen LogP contribution >= 0.6 is 0 Å². The summed E-state index contributed by atoms with van der Waals surface area (Å²) in [5, 5.41) is 28.1. The number of carbonyl (C=O) groups is 4. The topological polar surface area (TPSA) is 251 Å². The van der Waals surface area contributed by atoms with E-state index in [4.69, 9.17) is 17.2 Å². The van der Waals surface area contributed by atoms with Crippen molar-refractivity contribution in [3.05, 3.63) is 65.9 Å². The van der Waals surface area contributed by atoms with Gasteiger partial charge < -0.3 is 48.3 Å². The van der Waals surface area contributed by atoms with Gasteiger partial charge in [0.1, 0.15) is 23.9 Å². The van der Waals surface area contributed by atoms with E-state index in [1.54, 1.807) is 32.2 Å². The van der Waals surface area contributed by atoms with Crippen LogP contribution in [-0.4, -0.2) is 75.6 Å². The number of rotatable bonds is 16. The molecule has 0 aliphatic rings. The summed E-state index contributed by atoms with van der Waals surface area (Å²) in [5.41, 5.74) is 19.1. The maximum absolute atomic E-state index is 13.6. The number of aromatic nitrogens is 1. The van der Waals surface area contributed by atoms with Crippen LogP contribution in [-0.2, 0) is 32.0 Å². The minimum absolute atomic E-state index is 0.0427. The van der Waals surface area contributed by atoms with Crippen LogP contribution in [0.25, 0.3) is 10.9 Å². The quantitative estimate of drug-likeness (QED) is 0.0601. The standard InChI is InChI=1S/C31H42N8O6/c1-17(2)26(39-27(41)22(32)14-18-9-11-20(40)12-10-18)29(43)38-25(15-19-16-36-23-7-4-3-6-21(19)23)28(42)37-24(30(44)45)8-5-13-35-31(33)34/h3-4,6-7,9-12,16-17,22,24-26,36,40H,5,8,13-15,32H2,1-2H3,(H,37,42)(H,38,43)(H,39,41)(H,44,45)(H4,33,34,35). The van der Waals surface area contributed by atoms with Crippen molar-refractivity contribution in [1.82, 2.24) is 20.9 Å². The number of aliphatic carboxylic acids is 1. The molecular formula is C31H42N8O6. The van der Waals surface area contributed by atoms with Crippen LogP contribution in [0.15, 0.2) is 59.7 Å². The fraction of sp³-hybridized carbons (Fsp3) is 0.387. The van der Waals surface area contributed by atoms with Gasteiger partial charge in [-0.2, -0.15) is 0 Å². The van der Waals surface area contributed by atoms with Gasteiger partial charge in [-0.1, -0.05) is 44.2 Å². The lowest BCUT2D eigenvalue weighted by molar-refractivity contribution is -0.142. The van der Waals surface area contributed by atoms with Gasteiger partial charge in [-0.05, 0) is 54.5 Å². The Balaban J connectivity index is 1.78. The molecule has 0 fully saturated rings. The summed E-state index contributed by atoms with van der Waals surface area (Å²) in [7, 11) is 0. The number of hydrogen-bond acceptors (Lipinski definition) is 7. The van der Waals surface area contributed by atoms with Crippen LogP contribution in [0.3, 0.4) is 0 Å². The number of phenolic OH excluding ortho intramolecular Hbond substituents is 1. The van der Waals surface area contributed by atoms with Crippen molar-refractivity contribution in [1.29, 1.82) is 0 Å². The SMILES string of the molecule is CC(C)C(NC(=O)C(N)Cc1ccc(O)cc1)C(=O)NC(Cc1c[nH]c2ccccc12)C(=O)NC(CCCN=C(N)N)C(=O)O. The van der Waals surface area contributed by atoms with Gasteiger partial charge in [0.15, 0.2) is 5.96 Å². The molecule has 0 saturated carbocycles. The van der Waals surface area contributed by atoms with Crippen molar-refractivity contribution < 1.29 is 29.4 Å². The number of benzene rings is 2. The first-order valence-electron chi connectivity index (χ1n) is 14.6. The number of nitrogens with zero attached hydrogens (tertiary/aromatic N) is 1. The minimum Gasteiger partial charge on any atom is -0.508 e. The Morgan fingerprint density at radius 1 is 0.889 bits per heavy atom. The number of aromatic amines is 1. The fourth-order valence-electron chi connectivity index (χ4n) is 4.80. The number of H-pyrrole nitrogens is 1. The Morgan fingerprint density at radius 3 is 2.20 bits per heavy atom. The second-order valence-electron chi connectivity index (χ2n) is 11.2. The van der Waals surface area contributed by atoms with Gasteiger partial charge in [-0.3, -0.25) is 19.4 Å². The van der Waals surface area contributed by atoms with Crippen LogP contribution in [0.5, 0.6) is 5.75 Å². The van der Waals surface area contributed by atoms with Crippen LogP contribution in [0.4, 0.5) is 0 Å². The summed E-state index contributed by atoms with van der Waals surface area (Å²) in [4.78, 5) is 59.1. The highest BCUT2D eigenvalue weighted by Gasteiger charge is 2.32. The molecule has 3 rings (SSSR count). The highest BCUT2D eigenvalue weighted by molar-refractivity contribution is 5.95. The molecule has 0 radical (unpaired) electrons. The molecule has 3 amide bonds. The van der Waals surface area contributed by atoms with E-state index in [-0.39, 0.29) is 43.4 Å². The molecule has 1 aromatic heterocycles. The van der Waals surface area contributed by atoms with Crippen LogP contribution in [0.1, 0.15) is 37.8 Å². The summed E-state index contributed by atoms with van der Waals surface area (Å²) < 4.78 is 0. The number of aliphatic imine (C=N–C) groups is 1. The molecule has 4 atom stereocenters. The normalized spacial score (nSPS) is 13.8. The lowest BCUT2D eigenvalue weighted by Crippen LogP contribution is -2.59. The third-order valence-corrected chi connectivity index (χ3v) is 7.27. The lowest BCUT2D eigenvalue weighted by Gasteiger charge is -2.27. The molecule has 0 aliphatic carbocycles. The van der Waals surface area contributed by atoms with E-state index >= 15 is 0 Å². The first-order valence-corrected chi connectivity index (χ1v) is 14.6. The molecule has 3 aromatic rings. The molecule has 1 heterocycles. The summed E-state index contributed by atoms with van der Waals surface area (Å²) in [6.07, 6.45) is 2.28. The minimum atomic E-state index is -1.26. The zero-order valence-electron chi connectivity index (χ0n) is 25.3. The molecule has 0 spiro atoms. The number of fused-ring (bicyclic) bond motifs is 1. The number of amides is 3. The molecule has 45 heavy (non-hydrogen) atoms. The monoisotopic (exact) mass is 622 g/mol. The predicted molar refractivity (Wildman–Crippen MR) is 170 cm³/mol. The van der Waals surface area contributed by atoms with Gasteiger partial charge in [0, 0.05) is 30.1 Å². The second kappa shape index (κ2) is 16.1. The first-order chi connectivity index (χ1) is 21.3. The Morgan fingerprint density at radius 2 is 1.56 bits per heavy atom. The maximum Gasteiger partial charge on any atom is 0.326 e. The van der Waals surface area contributed by atoms with Crippen LogP contribution < -0.4 is 33.2 Å². The molecule has 0 saturated heterocycles. The number of para-hydroxylation sites is 1. The molecule has 4 unspecified atom stereocenters. The number of phenols is 1. The Bertz CT molecular complexity index is 1500. The number of carboxylic acids is 1. The number of carboxylic acid groups (broad SMARTS) is 1. The van der Waals surface area contributed by atoms with E-state index in [0.29, 0.717) is 6.42 Å². The molecule has 0 aliphatic heterocycles. The smallest absolute Gasteiger partial charge is 0.326 e. The van der Waals surface area contributed by atoms with Crippen molar-refractivity contribution in [2.45, 2.75) is 63.7 Å². The summed E-state index contributed by atoms with van der Waals surface area (Å²) >= 11 is 0. The van der Waals surface area contributed by atoms with Crippen molar-refractivity contribution >= 4 is 40.6 Å². The van der Waals surface area contributed by atoms with E-state index in [9.17, 15) is 29.4 Å². The molecule has 242 valence electrons. The third-order valence-electron chi connectivity index (χ3n) is 7.27. The van der Waals surface area contributed by atoms with Crippen molar-refractivity contribution in [2.24, 2.45) is 28.1 Å². The summed E-state index contributed by atoms with van der Waals surface area (Å²) in [6, 6.07) is 9.25. The number of nitrogens with two attached hydrogens (primary N) is 3. The van der Waals surface area contributed by atoms with E-state index in [1.807, 2.05) is 24.3 Å². The summed E-state index contributed by atoms with van der Waals surface area (Å²) in [6.45, 7) is 3.66. The summed E-state index contributed by atoms with van der Waals surface area (Å²) in [5.74, 6) is -3.58. The Labute approximate surface area is 260 Å². The van der Waals surface area contributed by atoms with Gasteiger partial charge in [0.05, 0.1) is 6.04 Å². The first kappa shape index (κ1) is 34.4. The highest BCUT2D eigenvalue weighted by Crippen LogP contribution is 2.20. The van der Waals surface area contributed by atoms with Crippen LogP contribution in [0.2, 0.25) is 0 Å². The van der Waals surface area contributed by atoms with Gasteiger partial charge >= 0.3 is 5.97 Å². The number of carbonyl (C=O) groups excluding carboxylic acids is 3. The largest absolute Gasteiger partial charge is 0.508 e. The molecule has 14 nitrogen and oxygen atoms in total. The van der Waals surface area contributed by atoms with Gasteiger partial charge in [0.25, 0.3) is 0 Å². The zero-order chi connectivity index (χ0) is 33.1. The number of aromatic hydroxyl groups is 1. The Hall–Kier alpha value is -5.11.